The van der Waals surface area contributed by atoms with Crippen LogP contribution in [0.1, 0.15) is 31.1 Å². The van der Waals surface area contributed by atoms with Gasteiger partial charge in [-0.15, -0.1) is 0 Å². The fourth-order valence-electron chi connectivity index (χ4n) is 2.24. The molecule has 0 aliphatic carbocycles. The summed E-state index contributed by atoms with van der Waals surface area (Å²) in [4.78, 5) is 13.7. The SMILES string of the molecule is CCN(CC)c1ccc2cc(C(C)=O)ccc2c1. The highest BCUT2D eigenvalue weighted by molar-refractivity contribution is 5.99. The van der Waals surface area contributed by atoms with Gasteiger partial charge in [0.25, 0.3) is 0 Å². The van der Waals surface area contributed by atoms with Crippen LogP contribution in [0.2, 0.25) is 0 Å². The van der Waals surface area contributed by atoms with Crippen LogP contribution < -0.4 is 4.90 Å². The molecule has 0 aliphatic rings. The van der Waals surface area contributed by atoms with Crippen molar-refractivity contribution < 1.29 is 4.79 Å². The van der Waals surface area contributed by atoms with Crippen LogP contribution in [0.25, 0.3) is 10.8 Å². The molecule has 2 heteroatoms. The topological polar surface area (TPSA) is 20.3 Å². The van der Waals surface area contributed by atoms with Gasteiger partial charge in [-0.05, 0) is 49.7 Å². The van der Waals surface area contributed by atoms with Crippen LogP contribution in [0, 0.1) is 0 Å². The third-order valence-corrected chi connectivity index (χ3v) is 3.36. The second-order valence-corrected chi connectivity index (χ2v) is 4.47. The molecule has 0 aliphatic heterocycles. The van der Waals surface area contributed by atoms with Crippen LogP contribution in [0.3, 0.4) is 0 Å². The third-order valence-electron chi connectivity index (χ3n) is 3.36. The predicted molar refractivity (Wildman–Crippen MR) is 77.5 cm³/mol. The van der Waals surface area contributed by atoms with Crippen LogP contribution >= 0.6 is 0 Å². The van der Waals surface area contributed by atoms with E-state index in [-0.39, 0.29) is 5.78 Å². The van der Waals surface area contributed by atoms with Crippen molar-refractivity contribution in [3.05, 3.63) is 42.0 Å². The van der Waals surface area contributed by atoms with Gasteiger partial charge in [-0.2, -0.15) is 0 Å². The second-order valence-electron chi connectivity index (χ2n) is 4.47. The molecule has 0 N–H and O–H groups in total. The summed E-state index contributed by atoms with van der Waals surface area (Å²) in [6, 6.07) is 12.3. The molecule has 2 aromatic rings. The van der Waals surface area contributed by atoms with Crippen molar-refractivity contribution in [1.82, 2.24) is 0 Å². The second kappa shape index (κ2) is 5.21. The Morgan fingerprint density at radius 2 is 1.61 bits per heavy atom. The minimum atomic E-state index is 0.115. The number of anilines is 1. The van der Waals surface area contributed by atoms with Gasteiger partial charge in [0, 0.05) is 24.3 Å². The van der Waals surface area contributed by atoms with E-state index < -0.39 is 0 Å². The van der Waals surface area contributed by atoms with Crippen molar-refractivity contribution in [1.29, 1.82) is 0 Å². The molecule has 2 aromatic carbocycles. The zero-order chi connectivity index (χ0) is 13.1. The van der Waals surface area contributed by atoms with Gasteiger partial charge in [0.2, 0.25) is 0 Å². The molecular weight excluding hydrogens is 222 g/mol. The third kappa shape index (κ3) is 2.37. The van der Waals surface area contributed by atoms with Crippen LogP contribution in [-0.4, -0.2) is 18.9 Å². The summed E-state index contributed by atoms with van der Waals surface area (Å²) >= 11 is 0. The summed E-state index contributed by atoms with van der Waals surface area (Å²) in [5.41, 5.74) is 2.01. The first-order valence-electron chi connectivity index (χ1n) is 6.45. The number of carbonyl (C=O) groups excluding carboxylic acids is 1. The van der Waals surface area contributed by atoms with E-state index in [2.05, 4.69) is 36.9 Å². The maximum absolute atomic E-state index is 11.3. The molecule has 0 saturated heterocycles. The number of carbonyl (C=O) groups is 1. The van der Waals surface area contributed by atoms with Gasteiger partial charge in [-0.1, -0.05) is 18.2 Å². The lowest BCUT2D eigenvalue weighted by molar-refractivity contribution is 0.101. The van der Waals surface area contributed by atoms with Gasteiger partial charge in [0.1, 0.15) is 0 Å². The first kappa shape index (κ1) is 12.6. The monoisotopic (exact) mass is 241 g/mol. The average molecular weight is 241 g/mol. The number of hydrogen-bond donors (Lipinski definition) is 0. The Hall–Kier alpha value is -1.83. The maximum Gasteiger partial charge on any atom is 0.159 e. The zero-order valence-electron chi connectivity index (χ0n) is 11.2. The van der Waals surface area contributed by atoms with Crippen LogP contribution in [-0.2, 0) is 0 Å². The molecular formula is C16H19NO. The van der Waals surface area contributed by atoms with Crippen molar-refractivity contribution in [3.8, 4) is 0 Å². The molecule has 2 nitrogen and oxygen atoms in total. The molecule has 0 radical (unpaired) electrons. The summed E-state index contributed by atoms with van der Waals surface area (Å²) in [7, 11) is 0. The Bertz CT molecular complexity index is 570. The molecule has 0 amide bonds. The number of nitrogens with zero attached hydrogens (tertiary/aromatic N) is 1. The molecule has 0 aromatic heterocycles. The Morgan fingerprint density at radius 3 is 2.22 bits per heavy atom. The minimum Gasteiger partial charge on any atom is -0.372 e. The quantitative estimate of drug-likeness (QED) is 0.757. The van der Waals surface area contributed by atoms with Gasteiger partial charge in [0.15, 0.2) is 5.78 Å². The van der Waals surface area contributed by atoms with Gasteiger partial charge in [-0.25, -0.2) is 0 Å². The maximum atomic E-state index is 11.3. The summed E-state index contributed by atoms with van der Waals surface area (Å²) < 4.78 is 0. The number of hydrogen-bond acceptors (Lipinski definition) is 2. The lowest BCUT2D eigenvalue weighted by atomic mass is 10.0. The normalized spacial score (nSPS) is 10.6. The number of Topliss-reactive ketones (excluding diaryl/α,β-unsaturated/α-hetero) is 1. The fraction of sp³-hybridized carbons (Fsp3) is 0.312. The molecule has 0 saturated carbocycles. The van der Waals surface area contributed by atoms with E-state index in [9.17, 15) is 4.79 Å². The highest BCUT2D eigenvalue weighted by Gasteiger charge is 2.04. The number of fused-ring (bicyclic) bond motifs is 1. The number of ketones is 1. The van der Waals surface area contributed by atoms with Gasteiger partial charge >= 0.3 is 0 Å². The van der Waals surface area contributed by atoms with Crippen molar-refractivity contribution in [2.75, 3.05) is 18.0 Å². The zero-order valence-corrected chi connectivity index (χ0v) is 11.2. The Morgan fingerprint density at radius 1 is 1.00 bits per heavy atom. The highest BCUT2D eigenvalue weighted by atomic mass is 16.1. The number of benzene rings is 2. The molecule has 0 spiro atoms. The van der Waals surface area contributed by atoms with E-state index in [1.807, 2.05) is 18.2 Å². The van der Waals surface area contributed by atoms with Crippen LogP contribution in [0.15, 0.2) is 36.4 Å². The van der Waals surface area contributed by atoms with Gasteiger partial charge in [-0.3, -0.25) is 4.79 Å². The van der Waals surface area contributed by atoms with Crippen molar-refractivity contribution in [2.45, 2.75) is 20.8 Å². The Balaban J connectivity index is 2.47. The minimum absolute atomic E-state index is 0.115. The predicted octanol–water partition coefficient (Wildman–Crippen LogP) is 3.89. The van der Waals surface area contributed by atoms with Gasteiger partial charge < -0.3 is 4.90 Å². The van der Waals surface area contributed by atoms with Crippen LogP contribution in [0.4, 0.5) is 5.69 Å². The molecule has 0 unspecified atom stereocenters. The Kier molecular flexibility index (Phi) is 3.66. The molecule has 2 rings (SSSR count). The number of rotatable bonds is 4. The van der Waals surface area contributed by atoms with E-state index in [4.69, 9.17) is 0 Å². The lowest BCUT2D eigenvalue weighted by Crippen LogP contribution is -2.21. The summed E-state index contributed by atoms with van der Waals surface area (Å²) in [5.74, 6) is 0.115. The molecule has 18 heavy (non-hydrogen) atoms. The first-order valence-corrected chi connectivity index (χ1v) is 6.45. The smallest absolute Gasteiger partial charge is 0.159 e. The first-order chi connectivity index (χ1) is 8.65. The molecule has 0 atom stereocenters. The van der Waals surface area contributed by atoms with Crippen LogP contribution in [0.5, 0.6) is 0 Å². The molecule has 94 valence electrons. The largest absolute Gasteiger partial charge is 0.372 e. The van der Waals surface area contributed by atoms with E-state index in [1.165, 1.54) is 11.1 Å². The fourth-order valence-corrected chi connectivity index (χ4v) is 2.24. The van der Waals surface area contributed by atoms with Gasteiger partial charge in [0.05, 0.1) is 0 Å². The lowest BCUT2D eigenvalue weighted by Gasteiger charge is -2.21. The van der Waals surface area contributed by atoms with Crippen molar-refractivity contribution >= 4 is 22.2 Å². The summed E-state index contributed by atoms with van der Waals surface area (Å²) in [6.45, 7) is 7.94. The highest BCUT2D eigenvalue weighted by Crippen LogP contribution is 2.23. The van der Waals surface area contributed by atoms with E-state index in [0.29, 0.717) is 0 Å². The average Bonchev–Trinajstić information content (AvgIpc) is 2.39. The summed E-state index contributed by atoms with van der Waals surface area (Å²) in [5, 5.41) is 2.31. The Labute approximate surface area is 108 Å². The van der Waals surface area contributed by atoms with Crippen molar-refractivity contribution in [2.24, 2.45) is 0 Å². The summed E-state index contributed by atoms with van der Waals surface area (Å²) in [6.07, 6.45) is 0. The van der Waals surface area contributed by atoms with E-state index in [0.717, 1.165) is 24.0 Å². The molecule has 0 bridgehead atoms. The molecule has 0 fully saturated rings. The molecule has 0 heterocycles. The standard InChI is InChI=1S/C16H19NO/c1-4-17(5-2)16-9-8-14-10-13(12(3)18)6-7-15(14)11-16/h6-11H,4-5H2,1-3H3. The van der Waals surface area contributed by atoms with Crippen molar-refractivity contribution in [3.63, 3.8) is 0 Å². The van der Waals surface area contributed by atoms with E-state index in [1.54, 1.807) is 6.92 Å². The van der Waals surface area contributed by atoms with E-state index >= 15 is 0 Å².